The average molecular weight is 452 g/mol. The second-order valence-corrected chi connectivity index (χ2v) is 10.6. The van der Waals surface area contributed by atoms with Crippen LogP contribution in [-0.4, -0.2) is 16.7 Å². The maximum absolute atomic E-state index is 5.04. The topological polar surface area (TPSA) is 31.4 Å². The van der Waals surface area contributed by atoms with Crippen molar-refractivity contribution >= 4 is 39.6 Å². The normalized spacial score (nSPS) is 16.9. The second-order valence-electron chi connectivity index (χ2n) is 9.50. The molecule has 4 heteroatoms. The summed E-state index contributed by atoms with van der Waals surface area (Å²) >= 11 is 1.77. The monoisotopic (exact) mass is 451 g/mol. The SMILES string of the molecule is CC(C)(C)c1ccc(C/N=C2\S/C(=C\c3ccc4[nH]ccc4c3)CN2c2ccccc2)cc1. The summed E-state index contributed by atoms with van der Waals surface area (Å²) in [5.41, 5.74) is 6.32. The van der Waals surface area contributed by atoms with Crippen molar-refractivity contribution in [2.45, 2.75) is 32.7 Å². The number of para-hydroxylation sites is 1. The van der Waals surface area contributed by atoms with Crippen LogP contribution in [0.2, 0.25) is 0 Å². The van der Waals surface area contributed by atoms with Crippen LogP contribution in [-0.2, 0) is 12.0 Å². The summed E-state index contributed by atoms with van der Waals surface area (Å²) < 4.78 is 0. The van der Waals surface area contributed by atoms with Gasteiger partial charge in [0.1, 0.15) is 0 Å². The molecule has 0 aliphatic carbocycles. The number of rotatable bonds is 4. The lowest BCUT2D eigenvalue weighted by atomic mass is 9.87. The predicted octanol–water partition coefficient (Wildman–Crippen LogP) is 7.62. The van der Waals surface area contributed by atoms with E-state index in [1.807, 2.05) is 6.20 Å². The molecule has 166 valence electrons. The highest BCUT2D eigenvalue weighted by molar-refractivity contribution is 8.18. The minimum Gasteiger partial charge on any atom is -0.361 e. The van der Waals surface area contributed by atoms with Gasteiger partial charge in [0.15, 0.2) is 5.17 Å². The summed E-state index contributed by atoms with van der Waals surface area (Å²) in [5.74, 6) is 0. The number of fused-ring (bicyclic) bond motifs is 1. The lowest BCUT2D eigenvalue weighted by Crippen LogP contribution is -2.23. The van der Waals surface area contributed by atoms with Gasteiger partial charge in [-0.1, -0.05) is 81.1 Å². The number of anilines is 1. The Morgan fingerprint density at radius 1 is 0.970 bits per heavy atom. The number of nitrogens with one attached hydrogen (secondary N) is 1. The Balaban J connectivity index is 1.41. The van der Waals surface area contributed by atoms with Crippen LogP contribution in [0.25, 0.3) is 17.0 Å². The quantitative estimate of drug-likeness (QED) is 0.346. The standard InChI is InChI=1S/C29H29N3S/c1-29(2,3)24-12-9-21(10-13-24)19-31-28-32(25-7-5-4-6-8-25)20-26(33-28)18-22-11-14-27-23(17-22)15-16-30-27/h4-18,30H,19-20H2,1-3H3/b26-18-,31-28-. The number of H-pyrrole nitrogens is 1. The highest BCUT2D eigenvalue weighted by atomic mass is 32.2. The maximum Gasteiger partial charge on any atom is 0.169 e. The Kier molecular flexibility index (Phi) is 5.86. The zero-order valence-corrected chi connectivity index (χ0v) is 20.2. The predicted molar refractivity (Wildman–Crippen MR) is 144 cm³/mol. The highest BCUT2D eigenvalue weighted by Crippen LogP contribution is 2.35. The number of benzene rings is 3. The smallest absolute Gasteiger partial charge is 0.169 e. The van der Waals surface area contributed by atoms with Crippen LogP contribution < -0.4 is 4.90 Å². The number of nitrogens with zero attached hydrogens (tertiary/aromatic N) is 2. The number of aromatic amines is 1. The molecule has 0 atom stereocenters. The van der Waals surface area contributed by atoms with Gasteiger partial charge in [0.05, 0.1) is 13.1 Å². The fourth-order valence-electron chi connectivity index (χ4n) is 4.05. The zero-order valence-electron chi connectivity index (χ0n) is 19.4. The molecule has 1 fully saturated rings. The molecule has 0 unspecified atom stereocenters. The summed E-state index contributed by atoms with van der Waals surface area (Å²) in [6.45, 7) is 8.25. The summed E-state index contributed by atoms with van der Waals surface area (Å²) in [6.07, 6.45) is 4.27. The van der Waals surface area contributed by atoms with Gasteiger partial charge < -0.3 is 9.88 Å². The molecular formula is C29H29N3S. The van der Waals surface area contributed by atoms with Gasteiger partial charge in [0.2, 0.25) is 0 Å². The van der Waals surface area contributed by atoms with Crippen LogP contribution in [0.15, 0.2) is 95.0 Å². The molecule has 4 aromatic rings. The van der Waals surface area contributed by atoms with Gasteiger partial charge >= 0.3 is 0 Å². The van der Waals surface area contributed by atoms with E-state index in [0.29, 0.717) is 6.54 Å². The van der Waals surface area contributed by atoms with Crippen molar-refractivity contribution in [3.63, 3.8) is 0 Å². The summed E-state index contributed by atoms with van der Waals surface area (Å²) in [7, 11) is 0. The van der Waals surface area contributed by atoms with Crippen LogP contribution in [0, 0.1) is 0 Å². The average Bonchev–Trinajstić information content (AvgIpc) is 3.44. The molecule has 0 spiro atoms. The van der Waals surface area contributed by atoms with E-state index in [0.717, 1.165) is 11.7 Å². The first-order valence-electron chi connectivity index (χ1n) is 11.4. The van der Waals surface area contributed by atoms with Crippen molar-refractivity contribution in [2.24, 2.45) is 4.99 Å². The van der Waals surface area contributed by atoms with Crippen LogP contribution in [0.5, 0.6) is 0 Å². The van der Waals surface area contributed by atoms with E-state index in [4.69, 9.17) is 4.99 Å². The largest absolute Gasteiger partial charge is 0.361 e. The Labute approximate surface area is 200 Å². The van der Waals surface area contributed by atoms with Crippen molar-refractivity contribution in [3.8, 4) is 0 Å². The van der Waals surface area contributed by atoms with Gasteiger partial charge in [-0.05, 0) is 63.9 Å². The molecular weight excluding hydrogens is 422 g/mol. The lowest BCUT2D eigenvalue weighted by molar-refractivity contribution is 0.590. The Hall–Kier alpha value is -3.24. The molecule has 1 aliphatic heterocycles. The van der Waals surface area contributed by atoms with Crippen LogP contribution in [0.4, 0.5) is 5.69 Å². The summed E-state index contributed by atoms with van der Waals surface area (Å²) in [5, 5.41) is 2.29. The second kappa shape index (κ2) is 8.95. The first-order valence-corrected chi connectivity index (χ1v) is 12.2. The molecule has 1 aromatic heterocycles. The molecule has 1 saturated heterocycles. The van der Waals surface area contributed by atoms with E-state index in [-0.39, 0.29) is 5.41 Å². The molecule has 1 aliphatic rings. The van der Waals surface area contributed by atoms with Crippen molar-refractivity contribution < 1.29 is 0 Å². The molecule has 0 bridgehead atoms. The first-order chi connectivity index (χ1) is 16.0. The van der Waals surface area contributed by atoms with Gasteiger partial charge in [-0.2, -0.15) is 0 Å². The molecule has 3 nitrogen and oxygen atoms in total. The molecule has 2 heterocycles. The summed E-state index contributed by atoms with van der Waals surface area (Å²) in [6, 6.07) is 28.1. The number of aromatic nitrogens is 1. The first kappa shape index (κ1) is 21.6. The molecule has 3 aromatic carbocycles. The van der Waals surface area contributed by atoms with Crippen molar-refractivity contribution in [2.75, 3.05) is 11.4 Å². The Morgan fingerprint density at radius 3 is 2.52 bits per heavy atom. The van der Waals surface area contributed by atoms with Crippen LogP contribution in [0.1, 0.15) is 37.5 Å². The van der Waals surface area contributed by atoms with Gasteiger partial charge in [0, 0.05) is 22.3 Å². The number of aliphatic imine (C=N–C) groups is 1. The minimum atomic E-state index is 0.166. The molecule has 33 heavy (non-hydrogen) atoms. The van der Waals surface area contributed by atoms with Gasteiger partial charge in [-0.3, -0.25) is 4.99 Å². The summed E-state index contributed by atoms with van der Waals surface area (Å²) in [4.78, 5) is 11.9. The van der Waals surface area contributed by atoms with Crippen LogP contribution in [0.3, 0.4) is 0 Å². The third-order valence-electron chi connectivity index (χ3n) is 5.96. The van der Waals surface area contributed by atoms with Gasteiger partial charge in [0.25, 0.3) is 0 Å². The number of hydrogen-bond donors (Lipinski definition) is 1. The van der Waals surface area contributed by atoms with Crippen LogP contribution >= 0.6 is 11.8 Å². The van der Waals surface area contributed by atoms with E-state index in [1.54, 1.807) is 11.8 Å². The number of thioether (sulfide) groups is 1. The van der Waals surface area contributed by atoms with E-state index in [9.17, 15) is 0 Å². The third kappa shape index (κ3) is 4.91. The lowest BCUT2D eigenvalue weighted by Gasteiger charge is -2.19. The number of hydrogen-bond acceptors (Lipinski definition) is 2. The molecule has 0 radical (unpaired) electrons. The zero-order chi connectivity index (χ0) is 22.8. The fraction of sp³-hybridized carbons (Fsp3) is 0.207. The molecule has 5 rings (SSSR count). The fourth-order valence-corrected chi connectivity index (χ4v) is 5.08. The maximum atomic E-state index is 5.04. The van der Waals surface area contributed by atoms with Gasteiger partial charge in [-0.25, -0.2) is 0 Å². The van der Waals surface area contributed by atoms with Crippen molar-refractivity contribution in [1.29, 1.82) is 0 Å². The number of amidine groups is 1. The Bertz CT molecular complexity index is 1310. The van der Waals surface area contributed by atoms with E-state index < -0.39 is 0 Å². The van der Waals surface area contributed by atoms with E-state index >= 15 is 0 Å². The van der Waals surface area contributed by atoms with Crippen molar-refractivity contribution in [1.82, 2.24) is 4.98 Å². The molecule has 0 saturated carbocycles. The molecule has 1 N–H and O–H groups in total. The molecule has 0 amide bonds. The highest BCUT2D eigenvalue weighted by Gasteiger charge is 2.25. The third-order valence-corrected chi connectivity index (χ3v) is 7.00. The van der Waals surface area contributed by atoms with Crippen molar-refractivity contribution in [3.05, 3.63) is 107 Å². The van der Waals surface area contributed by atoms with E-state index in [2.05, 4.69) is 116 Å². The Morgan fingerprint density at radius 2 is 1.76 bits per heavy atom. The minimum absolute atomic E-state index is 0.166. The van der Waals surface area contributed by atoms with E-state index in [1.165, 1.54) is 38.2 Å². The van der Waals surface area contributed by atoms with Gasteiger partial charge in [-0.15, -0.1) is 0 Å².